The first-order valence-electron chi connectivity index (χ1n) is 9.77. The molecule has 0 aliphatic carbocycles. The van der Waals surface area contributed by atoms with E-state index >= 15 is 0 Å². The normalized spacial score (nSPS) is 22.6. The number of likely N-dealkylation sites (tertiary alicyclic amines) is 2. The quantitative estimate of drug-likeness (QED) is 0.852. The summed E-state index contributed by atoms with van der Waals surface area (Å²) in [4.78, 5) is 5.39. The van der Waals surface area contributed by atoms with Crippen LogP contribution >= 0.6 is 0 Å². The third kappa shape index (κ3) is 3.65. The smallest absolute Gasteiger partial charge is 0.0695 e. The summed E-state index contributed by atoms with van der Waals surface area (Å²) in [5, 5.41) is 4.49. The van der Waals surface area contributed by atoms with E-state index < -0.39 is 0 Å². The Bertz CT molecular complexity index is 701. The topological polar surface area (TPSA) is 24.3 Å². The predicted octanol–water partition coefficient (Wildman–Crippen LogP) is 3.55. The lowest BCUT2D eigenvalue weighted by Gasteiger charge is -2.38. The molecule has 2 aliphatic rings. The van der Waals surface area contributed by atoms with Crippen LogP contribution in [0.15, 0.2) is 30.6 Å². The molecule has 4 heteroatoms. The van der Waals surface area contributed by atoms with Gasteiger partial charge in [0.25, 0.3) is 0 Å². The molecule has 1 aromatic carbocycles. The molecule has 0 spiro atoms. The number of piperidine rings is 1. The Morgan fingerprint density at radius 2 is 1.92 bits per heavy atom. The first-order valence-corrected chi connectivity index (χ1v) is 9.77. The standard InChI is InChI=1S/C21H30N4/c1-17-13-18(2)20(21(14-17)25-12-6-8-22-25)16-23-9-5-7-19(15-23)24-10-3-4-11-24/h6,8,12-14,19H,3-5,7,9-11,15-16H2,1-2H3. The number of aromatic nitrogens is 2. The van der Waals surface area contributed by atoms with E-state index in [1.165, 1.54) is 74.2 Å². The highest BCUT2D eigenvalue weighted by atomic mass is 15.3. The van der Waals surface area contributed by atoms with Crippen LogP contribution < -0.4 is 0 Å². The molecule has 2 aliphatic heterocycles. The molecule has 3 heterocycles. The monoisotopic (exact) mass is 338 g/mol. The van der Waals surface area contributed by atoms with Crippen molar-refractivity contribution >= 4 is 0 Å². The van der Waals surface area contributed by atoms with Crippen LogP contribution in [0.5, 0.6) is 0 Å². The lowest BCUT2D eigenvalue weighted by Crippen LogP contribution is -2.46. The molecule has 4 rings (SSSR count). The second-order valence-corrected chi connectivity index (χ2v) is 7.80. The van der Waals surface area contributed by atoms with Crippen molar-refractivity contribution in [2.24, 2.45) is 0 Å². The highest BCUT2D eigenvalue weighted by Crippen LogP contribution is 2.26. The minimum Gasteiger partial charge on any atom is -0.299 e. The highest BCUT2D eigenvalue weighted by Gasteiger charge is 2.27. The van der Waals surface area contributed by atoms with Crippen LogP contribution in [0, 0.1) is 13.8 Å². The Kier molecular flexibility index (Phi) is 4.91. The second kappa shape index (κ2) is 7.30. The van der Waals surface area contributed by atoms with Crippen molar-refractivity contribution < 1.29 is 0 Å². The number of hydrogen-bond acceptors (Lipinski definition) is 3. The molecule has 2 aromatic rings. The van der Waals surface area contributed by atoms with E-state index in [-0.39, 0.29) is 0 Å². The van der Waals surface area contributed by atoms with Crippen molar-refractivity contribution in [2.45, 2.75) is 52.1 Å². The maximum absolute atomic E-state index is 4.49. The van der Waals surface area contributed by atoms with Gasteiger partial charge in [0.2, 0.25) is 0 Å². The molecule has 1 aromatic heterocycles. The Labute approximate surface area is 151 Å². The van der Waals surface area contributed by atoms with Gasteiger partial charge in [0.1, 0.15) is 0 Å². The van der Waals surface area contributed by atoms with Gasteiger partial charge in [-0.05, 0) is 88.0 Å². The third-order valence-electron chi connectivity index (χ3n) is 5.86. The summed E-state index contributed by atoms with van der Waals surface area (Å²) >= 11 is 0. The van der Waals surface area contributed by atoms with Crippen LogP contribution in [0.3, 0.4) is 0 Å². The summed E-state index contributed by atoms with van der Waals surface area (Å²) in [6, 6.07) is 7.35. The number of aryl methyl sites for hydroxylation is 2. The maximum atomic E-state index is 4.49. The SMILES string of the molecule is Cc1cc(C)c(CN2CCCC(N3CCCC3)C2)c(-n2cccn2)c1. The third-order valence-corrected chi connectivity index (χ3v) is 5.86. The van der Waals surface area contributed by atoms with E-state index in [0.29, 0.717) is 0 Å². The Hall–Kier alpha value is -1.65. The summed E-state index contributed by atoms with van der Waals surface area (Å²) in [5.74, 6) is 0. The Morgan fingerprint density at radius 1 is 1.08 bits per heavy atom. The molecular formula is C21H30N4. The Balaban J connectivity index is 1.55. The average Bonchev–Trinajstić information content (AvgIpc) is 3.31. The fraction of sp³-hybridized carbons (Fsp3) is 0.571. The molecular weight excluding hydrogens is 308 g/mol. The molecule has 0 radical (unpaired) electrons. The molecule has 0 N–H and O–H groups in total. The minimum atomic E-state index is 0.759. The van der Waals surface area contributed by atoms with Crippen molar-refractivity contribution in [1.82, 2.24) is 19.6 Å². The van der Waals surface area contributed by atoms with Gasteiger partial charge in [-0.1, -0.05) is 6.07 Å². The van der Waals surface area contributed by atoms with Gasteiger partial charge in [0.15, 0.2) is 0 Å². The van der Waals surface area contributed by atoms with E-state index in [2.05, 4.69) is 47.1 Å². The fourth-order valence-corrected chi connectivity index (χ4v) is 4.60. The maximum Gasteiger partial charge on any atom is 0.0695 e. The van der Waals surface area contributed by atoms with E-state index in [9.17, 15) is 0 Å². The molecule has 4 nitrogen and oxygen atoms in total. The average molecular weight is 338 g/mol. The second-order valence-electron chi connectivity index (χ2n) is 7.80. The number of benzene rings is 1. The highest BCUT2D eigenvalue weighted by molar-refractivity contribution is 5.48. The first-order chi connectivity index (χ1) is 12.2. The van der Waals surface area contributed by atoms with Gasteiger partial charge in [0.05, 0.1) is 5.69 Å². The molecule has 1 unspecified atom stereocenters. The van der Waals surface area contributed by atoms with Gasteiger partial charge >= 0.3 is 0 Å². The number of nitrogens with zero attached hydrogens (tertiary/aromatic N) is 4. The number of rotatable bonds is 4. The van der Waals surface area contributed by atoms with Gasteiger partial charge in [-0.3, -0.25) is 9.80 Å². The lowest BCUT2D eigenvalue weighted by molar-refractivity contribution is 0.110. The molecule has 2 saturated heterocycles. The van der Waals surface area contributed by atoms with Gasteiger partial charge < -0.3 is 0 Å². The van der Waals surface area contributed by atoms with E-state index in [1.807, 2.05) is 16.9 Å². The molecule has 0 bridgehead atoms. The van der Waals surface area contributed by atoms with Crippen molar-refractivity contribution in [1.29, 1.82) is 0 Å². The molecule has 1 atom stereocenters. The largest absolute Gasteiger partial charge is 0.299 e. The predicted molar refractivity (Wildman–Crippen MR) is 102 cm³/mol. The van der Waals surface area contributed by atoms with Crippen molar-refractivity contribution in [2.75, 3.05) is 26.2 Å². The van der Waals surface area contributed by atoms with E-state index in [1.54, 1.807) is 0 Å². The summed E-state index contributed by atoms with van der Waals surface area (Å²) in [5.41, 5.74) is 5.36. The van der Waals surface area contributed by atoms with Gasteiger partial charge in [-0.15, -0.1) is 0 Å². The lowest BCUT2D eigenvalue weighted by atomic mass is 9.99. The minimum absolute atomic E-state index is 0.759. The van der Waals surface area contributed by atoms with Crippen molar-refractivity contribution in [3.05, 3.63) is 47.3 Å². The summed E-state index contributed by atoms with van der Waals surface area (Å²) in [6.07, 6.45) is 9.39. The zero-order valence-electron chi connectivity index (χ0n) is 15.6. The summed E-state index contributed by atoms with van der Waals surface area (Å²) in [7, 11) is 0. The van der Waals surface area contributed by atoms with Crippen LogP contribution in [0.2, 0.25) is 0 Å². The van der Waals surface area contributed by atoms with Crippen LogP contribution in [0.1, 0.15) is 42.4 Å². The van der Waals surface area contributed by atoms with E-state index in [4.69, 9.17) is 0 Å². The summed E-state index contributed by atoms with van der Waals surface area (Å²) in [6.45, 7) is 10.5. The Morgan fingerprint density at radius 3 is 2.68 bits per heavy atom. The van der Waals surface area contributed by atoms with Crippen molar-refractivity contribution in [3.63, 3.8) is 0 Å². The van der Waals surface area contributed by atoms with Crippen LogP contribution in [-0.2, 0) is 6.54 Å². The molecule has 2 fully saturated rings. The van der Waals surface area contributed by atoms with Gasteiger partial charge in [-0.25, -0.2) is 4.68 Å². The van der Waals surface area contributed by atoms with Crippen LogP contribution in [0.4, 0.5) is 0 Å². The fourth-order valence-electron chi connectivity index (χ4n) is 4.60. The molecule has 0 saturated carbocycles. The van der Waals surface area contributed by atoms with Crippen LogP contribution in [-0.4, -0.2) is 51.8 Å². The molecule has 134 valence electrons. The van der Waals surface area contributed by atoms with Gasteiger partial charge in [-0.2, -0.15) is 5.10 Å². The number of hydrogen-bond donors (Lipinski definition) is 0. The first kappa shape index (κ1) is 16.8. The summed E-state index contributed by atoms with van der Waals surface area (Å²) < 4.78 is 2.03. The zero-order chi connectivity index (χ0) is 17.2. The van der Waals surface area contributed by atoms with Gasteiger partial charge in [0, 0.05) is 31.5 Å². The van der Waals surface area contributed by atoms with E-state index in [0.717, 1.165) is 12.6 Å². The van der Waals surface area contributed by atoms with Crippen LogP contribution in [0.25, 0.3) is 5.69 Å². The van der Waals surface area contributed by atoms with Crippen molar-refractivity contribution in [3.8, 4) is 5.69 Å². The molecule has 25 heavy (non-hydrogen) atoms. The zero-order valence-corrected chi connectivity index (χ0v) is 15.6. The molecule has 0 amide bonds.